The largest absolute Gasteiger partial charge is 0.496 e. The molecule has 0 unspecified atom stereocenters. The van der Waals surface area contributed by atoms with Gasteiger partial charge in [-0.1, -0.05) is 30.3 Å². The summed E-state index contributed by atoms with van der Waals surface area (Å²) in [6, 6.07) is 19.3. The maximum absolute atomic E-state index is 6.70. The third-order valence-corrected chi connectivity index (χ3v) is 6.75. The van der Waals surface area contributed by atoms with Crippen molar-refractivity contribution in [3.8, 4) is 28.7 Å². The van der Waals surface area contributed by atoms with Gasteiger partial charge >= 0.3 is 0 Å². The van der Waals surface area contributed by atoms with E-state index in [4.69, 9.17) is 23.7 Å². The SMILES string of the molecule is COc1ccccc1[C@H]1Oc2ccccc2C2=C1[C@H](c1cc(OC)c(OC)c(OC)c1)n1ncnc1N2. The zero-order valence-corrected chi connectivity index (χ0v) is 20.9. The van der Waals surface area contributed by atoms with Gasteiger partial charge in [0, 0.05) is 16.7 Å². The summed E-state index contributed by atoms with van der Waals surface area (Å²) < 4.78 is 31.3. The lowest BCUT2D eigenvalue weighted by Gasteiger charge is -2.39. The number of hydrogen-bond donors (Lipinski definition) is 1. The Labute approximate surface area is 214 Å². The number of para-hydroxylation sites is 2. The minimum absolute atomic E-state index is 0.397. The molecule has 0 fully saturated rings. The molecular formula is C28H26N4O5. The maximum atomic E-state index is 6.70. The van der Waals surface area contributed by atoms with E-state index in [1.807, 2.05) is 65.3 Å². The summed E-state index contributed by atoms with van der Waals surface area (Å²) in [5, 5.41) is 8.11. The van der Waals surface area contributed by atoms with Crippen LogP contribution in [-0.2, 0) is 0 Å². The van der Waals surface area contributed by atoms with Gasteiger partial charge < -0.3 is 29.0 Å². The summed E-state index contributed by atoms with van der Waals surface area (Å²) in [4.78, 5) is 4.50. The second kappa shape index (κ2) is 9.09. The Morgan fingerprint density at radius 1 is 0.838 bits per heavy atom. The topological polar surface area (TPSA) is 88.9 Å². The number of anilines is 1. The summed E-state index contributed by atoms with van der Waals surface area (Å²) in [6.45, 7) is 0. The summed E-state index contributed by atoms with van der Waals surface area (Å²) in [5.41, 5.74) is 4.58. The lowest BCUT2D eigenvalue weighted by Crippen LogP contribution is -2.32. The van der Waals surface area contributed by atoms with Crippen molar-refractivity contribution in [3.63, 3.8) is 0 Å². The van der Waals surface area contributed by atoms with Gasteiger partial charge in [-0.25, -0.2) is 4.68 Å². The highest BCUT2D eigenvalue weighted by atomic mass is 16.5. The zero-order chi connectivity index (χ0) is 25.5. The molecular weight excluding hydrogens is 472 g/mol. The fourth-order valence-electron chi connectivity index (χ4n) is 5.14. The van der Waals surface area contributed by atoms with Gasteiger partial charge in [-0.2, -0.15) is 10.1 Å². The molecule has 0 bridgehead atoms. The van der Waals surface area contributed by atoms with E-state index in [0.717, 1.165) is 39.5 Å². The van der Waals surface area contributed by atoms with Crippen molar-refractivity contribution in [2.24, 2.45) is 0 Å². The Kier molecular flexibility index (Phi) is 5.60. The maximum Gasteiger partial charge on any atom is 0.226 e. The van der Waals surface area contributed by atoms with Crippen LogP contribution in [0.25, 0.3) is 5.70 Å². The van der Waals surface area contributed by atoms with Gasteiger partial charge in [0.15, 0.2) is 17.6 Å². The van der Waals surface area contributed by atoms with Crippen LogP contribution < -0.4 is 29.0 Å². The van der Waals surface area contributed by atoms with Crippen molar-refractivity contribution in [2.75, 3.05) is 33.8 Å². The fraction of sp³-hybridized carbons (Fsp3) is 0.214. The summed E-state index contributed by atoms with van der Waals surface area (Å²) >= 11 is 0. The first-order valence-electron chi connectivity index (χ1n) is 11.8. The quantitative estimate of drug-likeness (QED) is 0.403. The molecule has 9 nitrogen and oxygen atoms in total. The van der Waals surface area contributed by atoms with Gasteiger partial charge in [0.25, 0.3) is 0 Å². The molecule has 0 saturated heterocycles. The Hall–Kier alpha value is -4.66. The molecule has 1 N–H and O–H groups in total. The minimum Gasteiger partial charge on any atom is -0.496 e. The normalized spacial score (nSPS) is 17.5. The van der Waals surface area contributed by atoms with Crippen molar-refractivity contribution in [3.05, 3.63) is 89.3 Å². The molecule has 188 valence electrons. The molecule has 9 heteroatoms. The van der Waals surface area contributed by atoms with Crippen LogP contribution in [-0.4, -0.2) is 43.2 Å². The average Bonchev–Trinajstić information content (AvgIpc) is 3.43. The first kappa shape index (κ1) is 22.8. The van der Waals surface area contributed by atoms with Gasteiger partial charge in [-0.3, -0.25) is 0 Å². The minimum atomic E-state index is -0.477. The Bertz CT molecular complexity index is 1490. The molecule has 2 atom stereocenters. The highest BCUT2D eigenvalue weighted by Crippen LogP contribution is 2.53. The van der Waals surface area contributed by atoms with E-state index in [2.05, 4.69) is 15.4 Å². The number of benzene rings is 3. The van der Waals surface area contributed by atoms with E-state index in [-0.39, 0.29) is 0 Å². The Morgan fingerprint density at radius 2 is 1.54 bits per heavy atom. The van der Waals surface area contributed by atoms with Crippen LogP contribution in [0.15, 0.2) is 72.6 Å². The van der Waals surface area contributed by atoms with Crippen LogP contribution in [0.3, 0.4) is 0 Å². The highest BCUT2D eigenvalue weighted by Gasteiger charge is 2.42. The number of ether oxygens (including phenoxy) is 5. The molecule has 3 heterocycles. The van der Waals surface area contributed by atoms with Gasteiger partial charge in [-0.15, -0.1) is 0 Å². The number of hydrogen-bond acceptors (Lipinski definition) is 8. The molecule has 37 heavy (non-hydrogen) atoms. The van der Waals surface area contributed by atoms with Crippen LogP contribution in [0.1, 0.15) is 28.8 Å². The molecule has 6 rings (SSSR count). The molecule has 0 saturated carbocycles. The Morgan fingerprint density at radius 3 is 2.27 bits per heavy atom. The summed E-state index contributed by atoms with van der Waals surface area (Å²) in [7, 11) is 6.46. The zero-order valence-electron chi connectivity index (χ0n) is 20.9. The molecule has 4 aromatic rings. The van der Waals surface area contributed by atoms with E-state index in [1.165, 1.54) is 6.33 Å². The molecule has 1 aromatic heterocycles. The summed E-state index contributed by atoms with van der Waals surface area (Å²) in [5.74, 6) is 3.72. The van der Waals surface area contributed by atoms with Crippen molar-refractivity contribution in [1.82, 2.24) is 14.8 Å². The Balaban J connectivity index is 1.65. The number of nitrogens with one attached hydrogen (secondary N) is 1. The van der Waals surface area contributed by atoms with Crippen LogP contribution >= 0.6 is 0 Å². The van der Waals surface area contributed by atoms with Crippen LogP contribution in [0.5, 0.6) is 28.7 Å². The van der Waals surface area contributed by atoms with Gasteiger partial charge in [0.05, 0.1) is 34.1 Å². The van der Waals surface area contributed by atoms with Crippen LogP contribution in [0.4, 0.5) is 5.95 Å². The lowest BCUT2D eigenvalue weighted by molar-refractivity contribution is 0.217. The predicted octanol–water partition coefficient (Wildman–Crippen LogP) is 4.87. The van der Waals surface area contributed by atoms with E-state index in [1.54, 1.807) is 28.4 Å². The van der Waals surface area contributed by atoms with Crippen molar-refractivity contribution >= 4 is 11.6 Å². The molecule has 0 spiro atoms. The molecule has 0 radical (unpaired) electrons. The molecule has 0 aliphatic carbocycles. The molecule has 0 amide bonds. The first-order chi connectivity index (χ1) is 18.2. The van der Waals surface area contributed by atoms with Crippen LogP contribution in [0, 0.1) is 0 Å². The number of nitrogens with zero attached hydrogens (tertiary/aromatic N) is 3. The third kappa shape index (κ3) is 3.54. The number of rotatable bonds is 6. The van der Waals surface area contributed by atoms with Crippen molar-refractivity contribution in [2.45, 2.75) is 12.1 Å². The summed E-state index contributed by atoms with van der Waals surface area (Å²) in [6.07, 6.45) is 1.06. The highest BCUT2D eigenvalue weighted by molar-refractivity contribution is 5.85. The predicted molar refractivity (Wildman–Crippen MR) is 138 cm³/mol. The molecule has 2 aliphatic heterocycles. The second-order valence-electron chi connectivity index (χ2n) is 8.58. The lowest BCUT2D eigenvalue weighted by atomic mass is 9.84. The second-order valence-corrected chi connectivity index (χ2v) is 8.58. The first-order valence-corrected chi connectivity index (χ1v) is 11.8. The third-order valence-electron chi connectivity index (χ3n) is 6.75. The number of fused-ring (bicyclic) bond motifs is 3. The molecule has 3 aromatic carbocycles. The van der Waals surface area contributed by atoms with Gasteiger partial charge in [0.2, 0.25) is 11.7 Å². The van der Waals surface area contributed by atoms with E-state index < -0.39 is 12.1 Å². The smallest absolute Gasteiger partial charge is 0.226 e. The number of methoxy groups -OCH3 is 4. The average molecular weight is 499 g/mol. The van der Waals surface area contributed by atoms with E-state index in [0.29, 0.717) is 23.2 Å². The van der Waals surface area contributed by atoms with Crippen LogP contribution in [0.2, 0.25) is 0 Å². The molecule has 2 aliphatic rings. The van der Waals surface area contributed by atoms with Crippen molar-refractivity contribution < 1.29 is 23.7 Å². The van der Waals surface area contributed by atoms with Gasteiger partial charge in [0.1, 0.15) is 23.9 Å². The van der Waals surface area contributed by atoms with Gasteiger partial charge in [-0.05, 0) is 35.9 Å². The number of aromatic nitrogens is 3. The van der Waals surface area contributed by atoms with Crippen molar-refractivity contribution in [1.29, 1.82) is 0 Å². The monoisotopic (exact) mass is 498 g/mol. The fourth-order valence-corrected chi connectivity index (χ4v) is 5.14. The van der Waals surface area contributed by atoms with E-state index in [9.17, 15) is 0 Å². The standard InChI is InChI=1S/C28H26N4O5/c1-33-19-11-7-6-10-18(19)26-23-24(17-9-5-8-12-20(17)37-26)31-28-29-15-30-32(28)25(23)16-13-21(34-2)27(36-4)22(14-16)35-3/h5-15,25-26H,1-4H3,(H,29,30,31)/t25-,26+/m0/s1. The van der Waals surface area contributed by atoms with E-state index >= 15 is 0 Å².